The number of nitrogens with one attached hydrogen (secondary N) is 2. The van der Waals surface area contributed by atoms with E-state index in [1.165, 1.54) is 35.6 Å². The number of benzene rings is 1. The lowest BCUT2D eigenvalue weighted by molar-refractivity contribution is -0.127. The molecule has 2 N–H and O–H groups in total. The Balaban J connectivity index is 1.69. The standard InChI is InChI=1S/C16H11ClFN3O3S/c17-13-6-5-9(25-13)7-12-15(23)21(16(24)20-12)8-14(22)19-11-4-2-1-3-10(11)18/h1-7H,8H2,(H,19,22)(H,20,24)/b12-7-. The number of rotatable bonds is 4. The average Bonchev–Trinajstić information content (AvgIpc) is 3.08. The Kier molecular flexibility index (Phi) is 4.82. The highest BCUT2D eigenvalue weighted by atomic mass is 35.5. The van der Waals surface area contributed by atoms with Crippen LogP contribution in [0.1, 0.15) is 4.88 Å². The summed E-state index contributed by atoms with van der Waals surface area (Å²) < 4.78 is 14.1. The van der Waals surface area contributed by atoms with Gasteiger partial charge < -0.3 is 10.6 Å². The van der Waals surface area contributed by atoms with Crippen LogP contribution in [0.25, 0.3) is 6.08 Å². The summed E-state index contributed by atoms with van der Waals surface area (Å²) >= 11 is 7.06. The quantitative estimate of drug-likeness (QED) is 0.633. The molecule has 3 rings (SSSR count). The minimum atomic E-state index is -0.720. The van der Waals surface area contributed by atoms with E-state index in [2.05, 4.69) is 10.6 Å². The third-order valence-corrected chi connectivity index (χ3v) is 4.47. The minimum Gasteiger partial charge on any atom is -0.322 e. The van der Waals surface area contributed by atoms with Crippen LogP contribution in [0.3, 0.4) is 0 Å². The number of hydrogen-bond donors (Lipinski definition) is 2. The Morgan fingerprint density at radius 3 is 2.72 bits per heavy atom. The van der Waals surface area contributed by atoms with Gasteiger partial charge in [0.1, 0.15) is 18.1 Å². The molecule has 1 saturated heterocycles. The summed E-state index contributed by atoms with van der Waals surface area (Å²) in [5.41, 5.74) is 0.0192. The monoisotopic (exact) mass is 379 g/mol. The lowest BCUT2D eigenvalue weighted by Gasteiger charge is -2.12. The maximum Gasteiger partial charge on any atom is 0.329 e. The largest absolute Gasteiger partial charge is 0.329 e. The molecule has 1 aliphatic rings. The van der Waals surface area contributed by atoms with Crippen molar-refractivity contribution in [2.45, 2.75) is 0 Å². The van der Waals surface area contributed by atoms with E-state index >= 15 is 0 Å². The molecule has 1 aliphatic heterocycles. The van der Waals surface area contributed by atoms with Crippen molar-refractivity contribution in [1.29, 1.82) is 0 Å². The number of urea groups is 1. The molecule has 2 heterocycles. The van der Waals surface area contributed by atoms with Gasteiger partial charge in [0.05, 0.1) is 10.0 Å². The van der Waals surface area contributed by atoms with Gasteiger partial charge in [-0.2, -0.15) is 0 Å². The molecule has 0 spiro atoms. The number of amides is 4. The lowest BCUT2D eigenvalue weighted by Crippen LogP contribution is -2.38. The molecule has 0 radical (unpaired) electrons. The number of hydrogen-bond acceptors (Lipinski definition) is 4. The summed E-state index contributed by atoms with van der Waals surface area (Å²) in [5.74, 6) is -1.93. The van der Waals surface area contributed by atoms with Gasteiger partial charge in [0, 0.05) is 4.88 Å². The number of anilines is 1. The Morgan fingerprint density at radius 1 is 1.28 bits per heavy atom. The van der Waals surface area contributed by atoms with Crippen molar-refractivity contribution < 1.29 is 18.8 Å². The predicted molar refractivity (Wildman–Crippen MR) is 92.6 cm³/mol. The summed E-state index contributed by atoms with van der Waals surface area (Å²) in [6, 6.07) is 8.26. The van der Waals surface area contributed by atoms with E-state index in [1.807, 2.05) is 0 Å². The van der Waals surface area contributed by atoms with Crippen LogP contribution in [0.2, 0.25) is 4.34 Å². The van der Waals surface area contributed by atoms with Crippen LogP contribution in [0.5, 0.6) is 0 Å². The number of nitrogens with zero attached hydrogens (tertiary/aromatic N) is 1. The summed E-state index contributed by atoms with van der Waals surface area (Å²) in [6.45, 7) is -0.526. The molecule has 128 valence electrons. The van der Waals surface area contributed by atoms with E-state index in [0.29, 0.717) is 9.21 Å². The minimum absolute atomic E-state index is 0.0245. The van der Waals surface area contributed by atoms with Crippen molar-refractivity contribution in [2.75, 3.05) is 11.9 Å². The fourth-order valence-corrected chi connectivity index (χ4v) is 3.16. The molecule has 2 aromatic rings. The number of carbonyl (C=O) groups is 3. The second-order valence-corrected chi connectivity index (χ2v) is 6.80. The SMILES string of the molecule is O=C(CN1C(=O)N/C(=C\c2ccc(Cl)s2)C1=O)Nc1ccccc1F. The van der Waals surface area contributed by atoms with Crippen LogP contribution in [0, 0.1) is 5.82 Å². The fraction of sp³-hybridized carbons (Fsp3) is 0.0625. The Morgan fingerprint density at radius 2 is 2.04 bits per heavy atom. The van der Waals surface area contributed by atoms with Gasteiger partial charge in [-0.1, -0.05) is 23.7 Å². The normalized spacial score (nSPS) is 15.6. The Labute approximate surface area is 150 Å². The highest BCUT2D eigenvalue weighted by molar-refractivity contribution is 7.17. The van der Waals surface area contributed by atoms with Crippen molar-refractivity contribution in [2.24, 2.45) is 0 Å². The van der Waals surface area contributed by atoms with Gasteiger partial charge in [-0.05, 0) is 30.3 Å². The maximum atomic E-state index is 13.5. The summed E-state index contributed by atoms with van der Waals surface area (Å²) in [7, 11) is 0. The molecule has 0 atom stereocenters. The van der Waals surface area contributed by atoms with E-state index in [1.54, 1.807) is 18.2 Å². The zero-order chi connectivity index (χ0) is 18.0. The molecule has 1 fully saturated rings. The predicted octanol–water partition coefficient (Wildman–Crippen LogP) is 3.07. The first kappa shape index (κ1) is 17.1. The average molecular weight is 380 g/mol. The van der Waals surface area contributed by atoms with E-state index in [-0.39, 0.29) is 11.4 Å². The zero-order valence-corrected chi connectivity index (χ0v) is 14.2. The van der Waals surface area contributed by atoms with Crippen LogP contribution in [-0.2, 0) is 9.59 Å². The molecule has 4 amide bonds. The zero-order valence-electron chi connectivity index (χ0n) is 12.6. The molecule has 1 aromatic carbocycles. The molecule has 25 heavy (non-hydrogen) atoms. The van der Waals surface area contributed by atoms with Gasteiger partial charge >= 0.3 is 6.03 Å². The van der Waals surface area contributed by atoms with E-state index < -0.39 is 30.2 Å². The van der Waals surface area contributed by atoms with Gasteiger partial charge in [0.2, 0.25) is 5.91 Å². The molecule has 0 saturated carbocycles. The maximum absolute atomic E-state index is 13.5. The summed E-state index contributed by atoms with van der Waals surface area (Å²) in [5, 5.41) is 4.72. The van der Waals surface area contributed by atoms with E-state index in [9.17, 15) is 18.8 Å². The first-order valence-corrected chi connectivity index (χ1v) is 8.28. The molecule has 6 nitrogen and oxygen atoms in total. The second-order valence-electron chi connectivity index (χ2n) is 5.05. The fourth-order valence-electron chi connectivity index (χ4n) is 2.16. The van der Waals surface area contributed by atoms with Gasteiger partial charge in [-0.15, -0.1) is 11.3 Å². The van der Waals surface area contributed by atoms with Gasteiger partial charge in [-0.3, -0.25) is 9.59 Å². The van der Waals surface area contributed by atoms with Crippen molar-refractivity contribution >= 4 is 52.5 Å². The molecule has 9 heteroatoms. The molecular formula is C16H11ClFN3O3S. The number of para-hydroxylation sites is 1. The second kappa shape index (κ2) is 7.04. The van der Waals surface area contributed by atoms with E-state index in [0.717, 1.165) is 4.90 Å². The van der Waals surface area contributed by atoms with Crippen molar-refractivity contribution in [3.63, 3.8) is 0 Å². The first-order chi connectivity index (χ1) is 11.9. The number of carbonyl (C=O) groups excluding carboxylic acids is 3. The van der Waals surface area contributed by atoms with Crippen LogP contribution in [-0.4, -0.2) is 29.3 Å². The third-order valence-electron chi connectivity index (χ3n) is 3.29. The smallest absolute Gasteiger partial charge is 0.322 e. The van der Waals surface area contributed by atoms with Crippen molar-refractivity contribution in [3.05, 3.63) is 57.1 Å². The van der Waals surface area contributed by atoms with Gasteiger partial charge in [-0.25, -0.2) is 14.1 Å². The highest BCUT2D eigenvalue weighted by Gasteiger charge is 2.35. The van der Waals surface area contributed by atoms with Crippen LogP contribution in [0.15, 0.2) is 42.1 Å². The highest BCUT2D eigenvalue weighted by Crippen LogP contribution is 2.24. The van der Waals surface area contributed by atoms with Crippen LogP contribution in [0.4, 0.5) is 14.9 Å². The van der Waals surface area contributed by atoms with Crippen LogP contribution >= 0.6 is 22.9 Å². The third kappa shape index (κ3) is 3.86. The molecule has 0 unspecified atom stereocenters. The summed E-state index contributed by atoms with van der Waals surface area (Å²) in [6.07, 6.45) is 1.48. The van der Waals surface area contributed by atoms with Gasteiger partial charge in [0.15, 0.2) is 0 Å². The number of thiophene rings is 1. The lowest BCUT2D eigenvalue weighted by atomic mass is 10.3. The number of imide groups is 1. The first-order valence-electron chi connectivity index (χ1n) is 7.08. The number of halogens is 2. The molecule has 0 bridgehead atoms. The Hall–Kier alpha value is -2.71. The van der Waals surface area contributed by atoms with Gasteiger partial charge in [0.25, 0.3) is 5.91 Å². The molecule has 1 aromatic heterocycles. The topological polar surface area (TPSA) is 78.5 Å². The molecule has 0 aliphatic carbocycles. The van der Waals surface area contributed by atoms with Crippen molar-refractivity contribution in [1.82, 2.24) is 10.2 Å². The van der Waals surface area contributed by atoms with Crippen LogP contribution < -0.4 is 10.6 Å². The van der Waals surface area contributed by atoms with E-state index in [4.69, 9.17) is 11.6 Å². The Bertz CT molecular complexity index is 896. The summed E-state index contributed by atoms with van der Waals surface area (Å²) in [4.78, 5) is 37.6. The van der Waals surface area contributed by atoms with Crippen molar-refractivity contribution in [3.8, 4) is 0 Å². The molecular weight excluding hydrogens is 369 g/mol.